The molecule has 39 heavy (non-hydrogen) atoms. The van der Waals surface area contributed by atoms with Gasteiger partial charge >= 0.3 is 0 Å². The van der Waals surface area contributed by atoms with E-state index >= 15 is 0 Å². The van der Waals surface area contributed by atoms with E-state index < -0.39 is 16.1 Å². The molecular weight excluding hydrogens is 580 g/mol. The zero-order valence-electron chi connectivity index (χ0n) is 22.9. The van der Waals surface area contributed by atoms with Crippen molar-refractivity contribution < 1.29 is 18.0 Å². The minimum atomic E-state index is -3.94. The number of hydrogen-bond acceptors (Lipinski definition) is 4. The van der Waals surface area contributed by atoms with E-state index in [1.54, 1.807) is 30.9 Å². The number of sulfonamides is 1. The molecule has 3 rings (SSSR count). The summed E-state index contributed by atoms with van der Waals surface area (Å²) in [5.41, 5.74) is 2.63. The topological polar surface area (TPSA) is 91.7 Å². The normalized spacial score (nSPS) is 11.7. The van der Waals surface area contributed by atoms with E-state index in [-0.39, 0.29) is 23.3 Å². The predicted molar refractivity (Wildman–Crippen MR) is 158 cm³/mol. The standard InChI is InChI=1S/C29H37BrN4O4S/c1-5-6-17-33(20-27-8-7-18-32(27)19-24-9-11-25(30)12-10-24)29(36)21-34(22(2)3)39(37,38)28-15-13-26(14-16-28)31-23(4)35/h7-16,18,22H,5-6,17,19-21H2,1-4H3,(H,31,35). The van der Waals surface area contributed by atoms with E-state index in [1.807, 2.05) is 30.5 Å². The number of nitrogens with zero attached hydrogens (tertiary/aromatic N) is 3. The SMILES string of the molecule is CCCCN(Cc1cccn1Cc1ccc(Br)cc1)C(=O)CN(C(C)C)S(=O)(=O)c1ccc(NC(C)=O)cc1. The molecule has 0 aliphatic heterocycles. The first kappa shape index (κ1) is 30.6. The molecule has 0 saturated heterocycles. The average molecular weight is 618 g/mol. The van der Waals surface area contributed by atoms with Gasteiger partial charge in [-0.1, -0.05) is 41.4 Å². The molecule has 8 nitrogen and oxygen atoms in total. The lowest BCUT2D eigenvalue weighted by Crippen LogP contribution is -2.46. The van der Waals surface area contributed by atoms with Gasteiger partial charge in [0.05, 0.1) is 18.0 Å². The summed E-state index contributed by atoms with van der Waals surface area (Å²) in [6.45, 7) is 8.31. The van der Waals surface area contributed by atoms with Gasteiger partial charge in [0.2, 0.25) is 21.8 Å². The Morgan fingerprint density at radius 3 is 2.28 bits per heavy atom. The van der Waals surface area contributed by atoms with Gasteiger partial charge in [-0.25, -0.2) is 8.42 Å². The monoisotopic (exact) mass is 616 g/mol. The summed E-state index contributed by atoms with van der Waals surface area (Å²) >= 11 is 3.47. The lowest BCUT2D eigenvalue weighted by Gasteiger charge is -2.30. The zero-order valence-corrected chi connectivity index (χ0v) is 25.3. The van der Waals surface area contributed by atoms with Crippen molar-refractivity contribution in [3.05, 3.63) is 82.6 Å². The van der Waals surface area contributed by atoms with Gasteiger partial charge in [0.15, 0.2) is 0 Å². The summed E-state index contributed by atoms with van der Waals surface area (Å²) < 4.78 is 31.4. The number of halogens is 1. The van der Waals surface area contributed by atoms with E-state index in [2.05, 4.69) is 44.9 Å². The van der Waals surface area contributed by atoms with Crippen molar-refractivity contribution in [1.29, 1.82) is 0 Å². The fraction of sp³-hybridized carbons (Fsp3) is 0.379. The molecule has 1 heterocycles. The number of benzene rings is 2. The predicted octanol–water partition coefficient (Wildman–Crippen LogP) is 5.49. The Labute approximate surface area is 240 Å². The van der Waals surface area contributed by atoms with Gasteiger partial charge in [0.25, 0.3) is 0 Å². The first-order valence-corrected chi connectivity index (χ1v) is 15.3. The highest BCUT2D eigenvalue weighted by molar-refractivity contribution is 9.10. The fourth-order valence-electron chi connectivity index (χ4n) is 4.20. The van der Waals surface area contributed by atoms with Crippen LogP contribution in [0.4, 0.5) is 5.69 Å². The van der Waals surface area contributed by atoms with Gasteiger partial charge in [-0.2, -0.15) is 4.31 Å². The lowest BCUT2D eigenvalue weighted by atomic mass is 10.2. The average Bonchev–Trinajstić information content (AvgIpc) is 3.32. The van der Waals surface area contributed by atoms with Crippen molar-refractivity contribution in [3.8, 4) is 0 Å². The molecule has 0 saturated carbocycles. The molecule has 210 valence electrons. The van der Waals surface area contributed by atoms with Crippen LogP contribution in [0.15, 0.2) is 76.2 Å². The van der Waals surface area contributed by atoms with E-state index in [9.17, 15) is 18.0 Å². The van der Waals surface area contributed by atoms with Crippen molar-refractivity contribution in [2.45, 2.75) is 64.6 Å². The molecule has 0 radical (unpaired) electrons. The second-order valence-electron chi connectivity index (χ2n) is 9.77. The van der Waals surface area contributed by atoms with Crippen molar-refractivity contribution in [1.82, 2.24) is 13.8 Å². The first-order chi connectivity index (χ1) is 18.5. The summed E-state index contributed by atoms with van der Waals surface area (Å²) in [6, 6.07) is 17.6. The summed E-state index contributed by atoms with van der Waals surface area (Å²) in [6.07, 6.45) is 3.73. The Hall–Kier alpha value is -2.95. The molecule has 2 aromatic carbocycles. The molecule has 0 unspecified atom stereocenters. The maximum absolute atomic E-state index is 13.6. The Kier molecular flexibility index (Phi) is 10.9. The molecule has 0 atom stereocenters. The van der Waals surface area contributed by atoms with E-state index in [0.29, 0.717) is 25.3 Å². The quantitative estimate of drug-likeness (QED) is 0.275. The molecule has 3 aromatic rings. The number of rotatable bonds is 13. The Bertz CT molecular complexity index is 1350. The molecule has 0 aliphatic rings. The highest BCUT2D eigenvalue weighted by atomic mass is 79.9. The number of aromatic nitrogens is 1. The van der Waals surface area contributed by atoms with Crippen LogP contribution in [0.25, 0.3) is 0 Å². The van der Waals surface area contributed by atoms with Crippen LogP contribution < -0.4 is 5.32 Å². The van der Waals surface area contributed by atoms with Crippen LogP contribution in [0.1, 0.15) is 51.8 Å². The lowest BCUT2D eigenvalue weighted by molar-refractivity contribution is -0.132. The van der Waals surface area contributed by atoms with E-state index in [4.69, 9.17) is 0 Å². The second-order valence-corrected chi connectivity index (χ2v) is 12.6. The maximum atomic E-state index is 13.6. The first-order valence-electron chi connectivity index (χ1n) is 13.1. The molecule has 0 aliphatic carbocycles. The minimum Gasteiger partial charge on any atom is -0.345 e. The van der Waals surface area contributed by atoms with Crippen molar-refractivity contribution >= 4 is 43.5 Å². The highest BCUT2D eigenvalue weighted by Crippen LogP contribution is 2.21. The Balaban J connectivity index is 1.79. The molecule has 0 spiro atoms. The van der Waals surface area contributed by atoms with Crippen LogP contribution >= 0.6 is 15.9 Å². The Morgan fingerprint density at radius 1 is 1.03 bits per heavy atom. The summed E-state index contributed by atoms with van der Waals surface area (Å²) in [7, 11) is -3.94. The largest absolute Gasteiger partial charge is 0.345 e. The highest BCUT2D eigenvalue weighted by Gasteiger charge is 2.31. The van der Waals surface area contributed by atoms with Gasteiger partial charge < -0.3 is 14.8 Å². The molecule has 0 fully saturated rings. The molecule has 10 heteroatoms. The van der Waals surface area contributed by atoms with Crippen LogP contribution in [-0.4, -0.2) is 53.1 Å². The number of amides is 2. The number of anilines is 1. The van der Waals surface area contributed by atoms with E-state index in [1.165, 1.54) is 23.4 Å². The van der Waals surface area contributed by atoms with Gasteiger partial charge in [-0.15, -0.1) is 0 Å². The Morgan fingerprint density at radius 2 is 1.69 bits per heavy atom. The van der Waals surface area contributed by atoms with Crippen LogP contribution in [0.2, 0.25) is 0 Å². The third-order valence-corrected chi connectivity index (χ3v) is 8.89. The van der Waals surface area contributed by atoms with Crippen LogP contribution in [0, 0.1) is 0 Å². The zero-order chi connectivity index (χ0) is 28.6. The number of hydrogen-bond donors (Lipinski definition) is 1. The molecular formula is C29H37BrN4O4S. The molecule has 2 amide bonds. The van der Waals surface area contributed by atoms with Crippen LogP contribution in [0.3, 0.4) is 0 Å². The summed E-state index contributed by atoms with van der Waals surface area (Å²) in [5, 5.41) is 2.63. The summed E-state index contributed by atoms with van der Waals surface area (Å²) in [4.78, 5) is 26.7. The minimum absolute atomic E-state index is 0.0709. The second kappa shape index (κ2) is 13.9. The number of carbonyl (C=O) groups excluding carboxylic acids is 2. The molecule has 1 aromatic heterocycles. The molecule has 0 bridgehead atoms. The van der Waals surface area contributed by atoms with Crippen molar-refractivity contribution in [2.24, 2.45) is 0 Å². The number of unbranched alkanes of at least 4 members (excludes halogenated alkanes) is 1. The number of carbonyl (C=O) groups is 2. The third-order valence-electron chi connectivity index (χ3n) is 6.33. The maximum Gasteiger partial charge on any atom is 0.243 e. The fourth-order valence-corrected chi connectivity index (χ4v) is 6.05. The van der Waals surface area contributed by atoms with Crippen LogP contribution in [-0.2, 0) is 32.7 Å². The number of nitrogens with one attached hydrogen (secondary N) is 1. The van der Waals surface area contributed by atoms with Crippen molar-refractivity contribution in [3.63, 3.8) is 0 Å². The van der Waals surface area contributed by atoms with Crippen LogP contribution in [0.5, 0.6) is 0 Å². The third kappa shape index (κ3) is 8.52. The molecule has 1 N–H and O–H groups in total. The van der Waals surface area contributed by atoms with Gasteiger partial charge in [0.1, 0.15) is 0 Å². The van der Waals surface area contributed by atoms with Gasteiger partial charge in [-0.05, 0) is 74.4 Å². The van der Waals surface area contributed by atoms with Crippen molar-refractivity contribution in [2.75, 3.05) is 18.4 Å². The summed E-state index contributed by atoms with van der Waals surface area (Å²) in [5.74, 6) is -0.484. The van der Waals surface area contributed by atoms with Gasteiger partial charge in [0, 0.05) is 48.1 Å². The van der Waals surface area contributed by atoms with E-state index in [0.717, 1.165) is 28.6 Å². The smallest absolute Gasteiger partial charge is 0.243 e. The van der Waals surface area contributed by atoms with Gasteiger partial charge in [-0.3, -0.25) is 9.59 Å².